The highest BCUT2D eigenvalue weighted by molar-refractivity contribution is 6.30. The Morgan fingerprint density at radius 2 is 1.82 bits per heavy atom. The third kappa shape index (κ3) is 3.71. The molecule has 22 heavy (non-hydrogen) atoms. The standard InChI is InChI=1S/C16H21ClN2O3/c1-10(2)13(14(20)22-3)18-15(21)19-16(8-9-16)11-4-6-12(17)7-5-11/h4-7,10,13H,8-9H2,1-3H3,(H2,18,19,21). The molecule has 5 nitrogen and oxygen atoms in total. The summed E-state index contributed by atoms with van der Waals surface area (Å²) < 4.78 is 4.72. The summed E-state index contributed by atoms with van der Waals surface area (Å²) in [4.78, 5) is 23.9. The summed E-state index contributed by atoms with van der Waals surface area (Å²) in [7, 11) is 1.31. The van der Waals surface area contributed by atoms with Crippen LogP contribution in [0, 0.1) is 5.92 Å². The number of hydrogen-bond donors (Lipinski definition) is 2. The first-order chi connectivity index (χ1) is 10.4. The number of amides is 2. The molecule has 0 aliphatic heterocycles. The van der Waals surface area contributed by atoms with Gasteiger partial charge in [-0.2, -0.15) is 0 Å². The van der Waals surface area contributed by atoms with E-state index in [-0.39, 0.29) is 17.5 Å². The van der Waals surface area contributed by atoms with Crippen molar-refractivity contribution in [2.45, 2.75) is 38.3 Å². The molecule has 2 amide bonds. The van der Waals surface area contributed by atoms with Gasteiger partial charge in [-0.1, -0.05) is 37.6 Å². The number of benzene rings is 1. The fraction of sp³-hybridized carbons (Fsp3) is 0.500. The number of ether oxygens (including phenoxy) is 1. The van der Waals surface area contributed by atoms with Gasteiger partial charge < -0.3 is 15.4 Å². The maximum Gasteiger partial charge on any atom is 0.328 e. The van der Waals surface area contributed by atoms with E-state index in [1.807, 2.05) is 38.1 Å². The minimum atomic E-state index is -0.661. The molecule has 1 aromatic carbocycles. The van der Waals surface area contributed by atoms with Crippen molar-refractivity contribution >= 4 is 23.6 Å². The van der Waals surface area contributed by atoms with Gasteiger partial charge in [0.25, 0.3) is 0 Å². The molecule has 0 aromatic heterocycles. The van der Waals surface area contributed by atoms with Crippen molar-refractivity contribution < 1.29 is 14.3 Å². The summed E-state index contributed by atoms with van der Waals surface area (Å²) >= 11 is 5.89. The predicted octanol–water partition coefficient (Wildman–Crippen LogP) is 2.83. The number of hydrogen-bond acceptors (Lipinski definition) is 3. The van der Waals surface area contributed by atoms with Gasteiger partial charge in [-0.15, -0.1) is 0 Å². The molecule has 0 bridgehead atoms. The van der Waals surface area contributed by atoms with E-state index < -0.39 is 12.0 Å². The van der Waals surface area contributed by atoms with Crippen molar-refractivity contribution in [3.05, 3.63) is 34.9 Å². The molecular formula is C16H21ClN2O3. The molecule has 1 saturated carbocycles. The maximum absolute atomic E-state index is 12.2. The van der Waals surface area contributed by atoms with Gasteiger partial charge in [0, 0.05) is 5.02 Å². The SMILES string of the molecule is COC(=O)C(NC(=O)NC1(c2ccc(Cl)cc2)CC1)C(C)C. The van der Waals surface area contributed by atoms with E-state index in [9.17, 15) is 9.59 Å². The van der Waals surface area contributed by atoms with Crippen molar-refractivity contribution in [3.63, 3.8) is 0 Å². The summed E-state index contributed by atoms with van der Waals surface area (Å²) in [6.45, 7) is 3.71. The van der Waals surface area contributed by atoms with Crippen LogP contribution in [0.5, 0.6) is 0 Å². The molecule has 0 radical (unpaired) electrons. The molecule has 2 rings (SSSR count). The topological polar surface area (TPSA) is 67.4 Å². The molecular weight excluding hydrogens is 304 g/mol. The average molecular weight is 325 g/mol. The number of urea groups is 1. The fourth-order valence-corrected chi connectivity index (χ4v) is 2.53. The van der Waals surface area contributed by atoms with Gasteiger partial charge in [0.1, 0.15) is 6.04 Å². The Bertz CT molecular complexity index is 553. The molecule has 1 unspecified atom stereocenters. The van der Waals surface area contributed by atoms with Crippen molar-refractivity contribution in [3.8, 4) is 0 Å². The molecule has 1 aromatic rings. The van der Waals surface area contributed by atoms with E-state index in [0.717, 1.165) is 18.4 Å². The quantitative estimate of drug-likeness (QED) is 0.818. The van der Waals surface area contributed by atoms with E-state index >= 15 is 0 Å². The van der Waals surface area contributed by atoms with Crippen molar-refractivity contribution in [1.82, 2.24) is 10.6 Å². The number of esters is 1. The minimum Gasteiger partial charge on any atom is -0.467 e. The third-order valence-corrected chi connectivity index (χ3v) is 4.16. The summed E-state index contributed by atoms with van der Waals surface area (Å²) in [6, 6.07) is 6.41. The second-order valence-electron chi connectivity index (χ2n) is 5.93. The molecule has 0 spiro atoms. The zero-order chi connectivity index (χ0) is 16.3. The van der Waals surface area contributed by atoms with Crippen LogP contribution < -0.4 is 10.6 Å². The number of methoxy groups -OCH3 is 1. The van der Waals surface area contributed by atoms with E-state index in [4.69, 9.17) is 16.3 Å². The van der Waals surface area contributed by atoms with Crippen LogP contribution in [0.25, 0.3) is 0 Å². The predicted molar refractivity (Wildman–Crippen MR) is 84.7 cm³/mol. The third-order valence-electron chi connectivity index (χ3n) is 3.91. The largest absolute Gasteiger partial charge is 0.467 e. The number of carbonyl (C=O) groups is 2. The van der Waals surface area contributed by atoms with Gasteiger partial charge in [-0.05, 0) is 36.5 Å². The number of carbonyl (C=O) groups excluding carboxylic acids is 2. The van der Waals surface area contributed by atoms with Crippen LogP contribution in [0.3, 0.4) is 0 Å². The second-order valence-corrected chi connectivity index (χ2v) is 6.37. The van der Waals surface area contributed by atoms with E-state index in [1.54, 1.807) is 0 Å². The molecule has 1 atom stereocenters. The summed E-state index contributed by atoms with van der Waals surface area (Å²) in [5.41, 5.74) is 0.665. The Morgan fingerprint density at radius 3 is 2.27 bits per heavy atom. The van der Waals surface area contributed by atoms with Crippen LogP contribution in [-0.4, -0.2) is 25.2 Å². The van der Waals surface area contributed by atoms with Gasteiger partial charge in [-0.3, -0.25) is 0 Å². The lowest BCUT2D eigenvalue weighted by Gasteiger charge is -2.23. The van der Waals surface area contributed by atoms with Crippen LogP contribution in [0.15, 0.2) is 24.3 Å². The smallest absolute Gasteiger partial charge is 0.328 e. The monoisotopic (exact) mass is 324 g/mol. The van der Waals surface area contributed by atoms with Gasteiger partial charge in [0.2, 0.25) is 0 Å². The zero-order valence-corrected chi connectivity index (χ0v) is 13.7. The molecule has 1 fully saturated rings. The van der Waals surface area contributed by atoms with Gasteiger partial charge in [-0.25, -0.2) is 9.59 Å². The van der Waals surface area contributed by atoms with Crippen molar-refractivity contribution in [2.24, 2.45) is 5.92 Å². The van der Waals surface area contributed by atoms with Crippen LogP contribution in [-0.2, 0) is 15.1 Å². The van der Waals surface area contributed by atoms with E-state index in [0.29, 0.717) is 5.02 Å². The summed E-state index contributed by atoms with van der Waals surface area (Å²) in [5.74, 6) is -0.495. The molecule has 0 heterocycles. The fourth-order valence-electron chi connectivity index (χ4n) is 2.40. The average Bonchev–Trinajstić information content (AvgIpc) is 3.25. The van der Waals surface area contributed by atoms with Crippen LogP contribution in [0.4, 0.5) is 4.79 Å². The Balaban J connectivity index is 2.02. The van der Waals surface area contributed by atoms with Gasteiger partial charge in [0.15, 0.2) is 0 Å². The first kappa shape index (κ1) is 16.6. The highest BCUT2D eigenvalue weighted by Gasteiger charge is 2.46. The Hall–Kier alpha value is -1.75. The number of nitrogens with one attached hydrogen (secondary N) is 2. The Morgan fingerprint density at radius 1 is 1.23 bits per heavy atom. The number of rotatable bonds is 5. The second kappa shape index (κ2) is 6.57. The van der Waals surface area contributed by atoms with Crippen molar-refractivity contribution in [2.75, 3.05) is 7.11 Å². The van der Waals surface area contributed by atoms with Gasteiger partial charge in [0.05, 0.1) is 12.6 Å². The van der Waals surface area contributed by atoms with E-state index in [1.165, 1.54) is 7.11 Å². The zero-order valence-electron chi connectivity index (χ0n) is 13.0. The molecule has 0 saturated heterocycles. The summed E-state index contributed by atoms with van der Waals surface area (Å²) in [6.07, 6.45) is 1.74. The normalized spacial score (nSPS) is 16.8. The lowest BCUT2D eigenvalue weighted by atomic mass is 10.0. The van der Waals surface area contributed by atoms with Gasteiger partial charge >= 0.3 is 12.0 Å². The van der Waals surface area contributed by atoms with Crippen LogP contribution in [0.2, 0.25) is 5.02 Å². The number of halogens is 1. The van der Waals surface area contributed by atoms with Crippen molar-refractivity contribution in [1.29, 1.82) is 0 Å². The summed E-state index contributed by atoms with van der Waals surface area (Å²) in [5, 5.41) is 6.32. The lowest BCUT2D eigenvalue weighted by Crippen LogP contribution is -2.51. The highest BCUT2D eigenvalue weighted by Crippen LogP contribution is 2.45. The minimum absolute atomic E-state index is 0.0520. The van der Waals surface area contributed by atoms with Crippen LogP contribution >= 0.6 is 11.6 Å². The molecule has 1 aliphatic rings. The maximum atomic E-state index is 12.2. The Labute approximate surface area is 135 Å². The first-order valence-electron chi connectivity index (χ1n) is 7.30. The Kier molecular flexibility index (Phi) is 4.96. The molecule has 2 N–H and O–H groups in total. The molecule has 120 valence electrons. The first-order valence-corrected chi connectivity index (χ1v) is 7.68. The lowest BCUT2D eigenvalue weighted by molar-refractivity contribution is -0.144. The molecule has 6 heteroatoms. The van der Waals surface area contributed by atoms with Crippen LogP contribution in [0.1, 0.15) is 32.3 Å². The molecule has 1 aliphatic carbocycles. The highest BCUT2D eigenvalue weighted by atomic mass is 35.5. The van der Waals surface area contributed by atoms with E-state index in [2.05, 4.69) is 10.6 Å².